The second kappa shape index (κ2) is 7.79. The zero-order valence-electron chi connectivity index (χ0n) is 15.4. The number of alkyl halides is 2. The first kappa shape index (κ1) is 18.7. The molecule has 7 heteroatoms. The molecule has 0 atom stereocenters. The summed E-state index contributed by atoms with van der Waals surface area (Å²) >= 11 is 0. The summed E-state index contributed by atoms with van der Waals surface area (Å²) in [6.07, 6.45) is 0. The van der Waals surface area contributed by atoms with Gasteiger partial charge < -0.3 is 19.5 Å². The maximum Gasteiger partial charge on any atom is 0.387 e. The fourth-order valence-corrected chi connectivity index (χ4v) is 3.29. The summed E-state index contributed by atoms with van der Waals surface area (Å²) in [5.41, 5.74) is 1.78. The Morgan fingerprint density at radius 3 is 2.17 bits per heavy atom. The van der Waals surface area contributed by atoms with Gasteiger partial charge in [-0.25, -0.2) is 0 Å². The van der Waals surface area contributed by atoms with Crippen LogP contribution in [0, 0.1) is 0 Å². The fraction of sp³-hybridized carbons (Fsp3) is 0.136. The number of para-hydroxylation sites is 2. The molecule has 1 heterocycles. The van der Waals surface area contributed by atoms with Crippen LogP contribution in [-0.2, 0) is 0 Å². The maximum atomic E-state index is 12.9. The van der Waals surface area contributed by atoms with Crippen LogP contribution in [0.1, 0.15) is 27.5 Å². The molecular formula is C22H17F2NO4. The third-order valence-corrected chi connectivity index (χ3v) is 4.60. The van der Waals surface area contributed by atoms with Crippen molar-refractivity contribution in [2.24, 2.45) is 0 Å². The highest BCUT2D eigenvalue weighted by molar-refractivity contribution is 5.95. The van der Waals surface area contributed by atoms with Crippen molar-refractivity contribution in [2.45, 2.75) is 12.7 Å². The number of carbonyl (C=O) groups is 1. The van der Waals surface area contributed by atoms with Crippen molar-refractivity contribution in [3.63, 3.8) is 0 Å². The Morgan fingerprint density at radius 2 is 1.59 bits per heavy atom. The zero-order chi connectivity index (χ0) is 20.4. The van der Waals surface area contributed by atoms with E-state index in [1.807, 2.05) is 48.5 Å². The van der Waals surface area contributed by atoms with E-state index in [1.165, 1.54) is 25.3 Å². The molecule has 1 aliphatic heterocycles. The number of benzene rings is 3. The van der Waals surface area contributed by atoms with Crippen molar-refractivity contribution in [1.82, 2.24) is 5.32 Å². The Bertz CT molecular complexity index is 1010. The van der Waals surface area contributed by atoms with Gasteiger partial charge in [0, 0.05) is 16.7 Å². The fourth-order valence-electron chi connectivity index (χ4n) is 3.29. The van der Waals surface area contributed by atoms with E-state index >= 15 is 0 Å². The van der Waals surface area contributed by atoms with Gasteiger partial charge in [-0.15, -0.1) is 0 Å². The minimum atomic E-state index is -3.03. The van der Waals surface area contributed by atoms with E-state index < -0.39 is 18.6 Å². The van der Waals surface area contributed by atoms with Crippen LogP contribution < -0.4 is 19.5 Å². The molecule has 5 nitrogen and oxygen atoms in total. The average Bonchev–Trinajstić information content (AvgIpc) is 2.73. The molecule has 0 saturated carbocycles. The summed E-state index contributed by atoms with van der Waals surface area (Å²) in [5, 5.41) is 2.96. The van der Waals surface area contributed by atoms with Gasteiger partial charge in [-0.2, -0.15) is 8.78 Å². The Labute approximate surface area is 165 Å². The van der Waals surface area contributed by atoms with E-state index in [0.717, 1.165) is 11.1 Å². The van der Waals surface area contributed by atoms with Crippen LogP contribution in [-0.4, -0.2) is 19.6 Å². The molecule has 0 saturated heterocycles. The lowest BCUT2D eigenvalue weighted by molar-refractivity contribution is -0.0512. The second-order valence-electron chi connectivity index (χ2n) is 6.33. The molecule has 0 radical (unpaired) electrons. The third kappa shape index (κ3) is 3.71. The normalized spacial score (nSPS) is 12.6. The Kier molecular flexibility index (Phi) is 5.03. The van der Waals surface area contributed by atoms with Gasteiger partial charge in [0.15, 0.2) is 11.5 Å². The van der Waals surface area contributed by atoms with Crippen molar-refractivity contribution in [1.29, 1.82) is 0 Å². The maximum absolute atomic E-state index is 12.9. The van der Waals surface area contributed by atoms with E-state index in [0.29, 0.717) is 11.5 Å². The summed E-state index contributed by atoms with van der Waals surface area (Å²) in [5.74, 6) is 0.760. The van der Waals surface area contributed by atoms with Gasteiger partial charge in [-0.1, -0.05) is 36.4 Å². The van der Waals surface area contributed by atoms with Crippen molar-refractivity contribution < 1.29 is 27.8 Å². The molecule has 0 fully saturated rings. The van der Waals surface area contributed by atoms with Gasteiger partial charge in [0.25, 0.3) is 5.91 Å². The van der Waals surface area contributed by atoms with Crippen LogP contribution in [0.4, 0.5) is 8.78 Å². The lowest BCUT2D eigenvalue weighted by atomic mass is 9.94. The highest BCUT2D eigenvalue weighted by atomic mass is 19.3. The van der Waals surface area contributed by atoms with Crippen LogP contribution in [0.3, 0.4) is 0 Å². The minimum Gasteiger partial charge on any atom is -0.493 e. The smallest absolute Gasteiger partial charge is 0.387 e. The molecule has 1 aliphatic rings. The number of nitrogens with one attached hydrogen (secondary N) is 1. The number of hydrogen-bond donors (Lipinski definition) is 1. The first-order chi connectivity index (χ1) is 14.1. The standard InChI is InChI=1S/C22H17F2NO4/c1-27-18-11-10-13(12-19(18)29-22(23)24)21(26)25-20-14-6-2-4-8-16(14)28-17-9-5-3-7-15(17)20/h2-12,20,22H,1H3,(H,25,26). The van der Waals surface area contributed by atoms with E-state index in [-0.39, 0.29) is 17.1 Å². The van der Waals surface area contributed by atoms with Gasteiger partial charge in [0.1, 0.15) is 11.5 Å². The lowest BCUT2D eigenvalue weighted by Crippen LogP contribution is -2.31. The molecule has 0 bridgehead atoms. The summed E-state index contributed by atoms with van der Waals surface area (Å²) in [6.45, 7) is -3.03. The number of amides is 1. The quantitative estimate of drug-likeness (QED) is 0.664. The van der Waals surface area contributed by atoms with Crippen molar-refractivity contribution in [2.75, 3.05) is 7.11 Å². The Hall–Kier alpha value is -3.61. The number of fused-ring (bicyclic) bond motifs is 2. The summed E-state index contributed by atoms with van der Waals surface area (Å²) in [6, 6.07) is 18.5. The van der Waals surface area contributed by atoms with Crippen LogP contribution in [0.25, 0.3) is 0 Å². The largest absolute Gasteiger partial charge is 0.493 e. The van der Waals surface area contributed by atoms with Gasteiger partial charge in [0.05, 0.1) is 13.2 Å². The molecule has 3 aromatic carbocycles. The average molecular weight is 397 g/mol. The molecule has 0 unspecified atom stereocenters. The first-order valence-electron chi connectivity index (χ1n) is 8.86. The predicted molar refractivity (Wildman–Crippen MR) is 102 cm³/mol. The summed E-state index contributed by atoms with van der Waals surface area (Å²) in [7, 11) is 1.34. The molecule has 3 aromatic rings. The SMILES string of the molecule is COc1ccc(C(=O)NC2c3ccccc3Oc3ccccc32)cc1OC(F)F. The molecule has 0 spiro atoms. The number of rotatable bonds is 5. The van der Waals surface area contributed by atoms with Crippen LogP contribution in [0.5, 0.6) is 23.0 Å². The summed E-state index contributed by atoms with van der Waals surface area (Å²) < 4.78 is 40.8. The Balaban J connectivity index is 1.67. The molecule has 29 heavy (non-hydrogen) atoms. The van der Waals surface area contributed by atoms with E-state index in [4.69, 9.17) is 9.47 Å². The van der Waals surface area contributed by atoms with Crippen LogP contribution in [0.2, 0.25) is 0 Å². The zero-order valence-corrected chi connectivity index (χ0v) is 15.4. The molecule has 0 aliphatic carbocycles. The van der Waals surface area contributed by atoms with E-state index in [1.54, 1.807) is 0 Å². The first-order valence-corrected chi connectivity index (χ1v) is 8.86. The van der Waals surface area contributed by atoms with Gasteiger partial charge in [-0.05, 0) is 30.3 Å². The second-order valence-corrected chi connectivity index (χ2v) is 6.33. The van der Waals surface area contributed by atoms with E-state index in [9.17, 15) is 13.6 Å². The number of methoxy groups -OCH3 is 1. The molecule has 1 N–H and O–H groups in total. The van der Waals surface area contributed by atoms with Gasteiger partial charge >= 0.3 is 6.61 Å². The lowest BCUT2D eigenvalue weighted by Gasteiger charge is -2.28. The van der Waals surface area contributed by atoms with Crippen LogP contribution in [0.15, 0.2) is 66.7 Å². The molecule has 4 rings (SSSR count). The number of hydrogen-bond acceptors (Lipinski definition) is 4. The highest BCUT2D eigenvalue weighted by Gasteiger charge is 2.28. The Morgan fingerprint density at radius 1 is 0.966 bits per heavy atom. The van der Waals surface area contributed by atoms with Gasteiger partial charge in [0.2, 0.25) is 0 Å². The number of halogens is 2. The van der Waals surface area contributed by atoms with Crippen molar-refractivity contribution >= 4 is 5.91 Å². The highest BCUT2D eigenvalue weighted by Crippen LogP contribution is 2.42. The molecule has 148 valence electrons. The van der Waals surface area contributed by atoms with Crippen molar-refractivity contribution in [3.05, 3.63) is 83.4 Å². The van der Waals surface area contributed by atoms with Crippen LogP contribution >= 0.6 is 0 Å². The van der Waals surface area contributed by atoms with Gasteiger partial charge in [-0.3, -0.25) is 4.79 Å². The third-order valence-electron chi connectivity index (χ3n) is 4.60. The monoisotopic (exact) mass is 397 g/mol. The molecule has 1 amide bonds. The number of ether oxygens (including phenoxy) is 3. The van der Waals surface area contributed by atoms with Crippen molar-refractivity contribution in [3.8, 4) is 23.0 Å². The summed E-state index contributed by atoms with van der Waals surface area (Å²) in [4.78, 5) is 12.9. The number of carbonyl (C=O) groups excluding carboxylic acids is 1. The minimum absolute atomic E-state index is 0.114. The predicted octanol–water partition coefficient (Wildman–Crippen LogP) is 4.92. The molecular weight excluding hydrogens is 380 g/mol. The topological polar surface area (TPSA) is 56.8 Å². The van der Waals surface area contributed by atoms with E-state index in [2.05, 4.69) is 10.1 Å². The molecule has 0 aromatic heterocycles.